The molecule has 2 rings (SSSR count). The van der Waals surface area contributed by atoms with Crippen molar-refractivity contribution in [3.8, 4) is 0 Å². The van der Waals surface area contributed by atoms with Crippen LogP contribution in [0.15, 0.2) is 42.7 Å². The third-order valence-corrected chi connectivity index (χ3v) is 3.41. The molecule has 0 fully saturated rings. The summed E-state index contributed by atoms with van der Waals surface area (Å²) in [4.78, 5) is 0. The Morgan fingerprint density at radius 3 is 2.56 bits per heavy atom. The first-order valence-electron chi connectivity index (χ1n) is 6.32. The maximum absolute atomic E-state index is 5.88. The van der Waals surface area contributed by atoms with E-state index < -0.39 is 0 Å². The Hall–Kier alpha value is -1.25. The van der Waals surface area contributed by atoms with Crippen molar-refractivity contribution in [2.75, 3.05) is 0 Å². The summed E-state index contributed by atoms with van der Waals surface area (Å²) in [5, 5.41) is 4.30. The number of hydrogen-bond acceptors (Lipinski definition) is 1. The van der Waals surface area contributed by atoms with Crippen LogP contribution in [0.4, 0.5) is 0 Å². The summed E-state index contributed by atoms with van der Waals surface area (Å²) >= 11 is 5.88. The van der Waals surface area contributed by atoms with Crippen LogP contribution in [-0.4, -0.2) is 4.57 Å². The van der Waals surface area contributed by atoms with E-state index in [0.29, 0.717) is 6.04 Å². The van der Waals surface area contributed by atoms with Gasteiger partial charge in [-0.1, -0.05) is 23.7 Å². The fraction of sp³-hybridized carbons (Fsp3) is 0.333. The van der Waals surface area contributed by atoms with Gasteiger partial charge >= 0.3 is 0 Å². The quantitative estimate of drug-likeness (QED) is 0.861. The monoisotopic (exact) mass is 262 g/mol. The molecule has 1 atom stereocenters. The molecule has 0 bridgehead atoms. The molecule has 0 radical (unpaired) electrons. The van der Waals surface area contributed by atoms with Crippen LogP contribution < -0.4 is 5.32 Å². The van der Waals surface area contributed by atoms with Crippen LogP contribution in [0.2, 0.25) is 5.02 Å². The van der Waals surface area contributed by atoms with Gasteiger partial charge in [0.25, 0.3) is 0 Å². The van der Waals surface area contributed by atoms with E-state index in [2.05, 4.69) is 54.3 Å². The SMILES string of the molecule is CCn1ccc(CN[C@H](C)c2ccc(Cl)cc2)c1. The Balaban J connectivity index is 1.91. The molecule has 0 aliphatic heterocycles. The first-order chi connectivity index (χ1) is 8.69. The van der Waals surface area contributed by atoms with Gasteiger partial charge in [0.15, 0.2) is 0 Å². The van der Waals surface area contributed by atoms with Crippen LogP contribution in [0.25, 0.3) is 0 Å². The summed E-state index contributed by atoms with van der Waals surface area (Å²) < 4.78 is 2.18. The molecule has 1 aromatic heterocycles. The summed E-state index contributed by atoms with van der Waals surface area (Å²) in [6.45, 7) is 6.22. The summed E-state index contributed by atoms with van der Waals surface area (Å²) in [5.74, 6) is 0. The van der Waals surface area contributed by atoms with Crippen molar-refractivity contribution < 1.29 is 0 Å². The van der Waals surface area contributed by atoms with Crippen LogP contribution >= 0.6 is 11.6 Å². The Morgan fingerprint density at radius 1 is 1.22 bits per heavy atom. The summed E-state index contributed by atoms with van der Waals surface area (Å²) in [5.41, 5.74) is 2.58. The lowest BCUT2D eigenvalue weighted by Crippen LogP contribution is -2.17. The van der Waals surface area contributed by atoms with E-state index in [0.717, 1.165) is 18.1 Å². The number of aromatic nitrogens is 1. The van der Waals surface area contributed by atoms with Crippen LogP contribution in [0.5, 0.6) is 0 Å². The summed E-state index contributed by atoms with van der Waals surface area (Å²) in [6.07, 6.45) is 4.30. The molecule has 1 N–H and O–H groups in total. The van der Waals surface area contributed by atoms with E-state index in [9.17, 15) is 0 Å². The van der Waals surface area contributed by atoms with Crippen LogP contribution in [0, 0.1) is 0 Å². The summed E-state index contributed by atoms with van der Waals surface area (Å²) in [7, 11) is 0. The molecule has 0 saturated carbocycles. The van der Waals surface area contributed by atoms with Gasteiger partial charge in [0, 0.05) is 36.5 Å². The molecule has 2 aromatic rings. The minimum atomic E-state index is 0.326. The van der Waals surface area contributed by atoms with E-state index in [1.807, 2.05) is 12.1 Å². The molecule has 0 aliphatic rings. The van der Waals surface area contributed by atoms with Gasteiger partial charge in [-0.15, -0.1) is 0 Å². The molecule has 2 nitrogen and oxygen atoms in total. The van der Waals surface area contributed by atoms with Gasteiger partial charge < -0.3 is 9.88 Å². The van der Waals surface area contributed by atoms with Crippen molar-refractivity contribution in [3.63, 3.8) is 0 Å². The largest absolute Gasteiger partial charge is 0.354 e. The normalized spacial score (nSPS) is 12.6. The van der Waals surface area contributed by atoms with E-state index >= 15 is 0 Å². The molecule has 0 aliphatic carbocycles. The average molecular weight is 263 g/mol. The summed E-state index contributed by atoms with van der Waals surface area (Å²) in [6, 6.07) is 10.5. The fourth-order valence-electron chi connectivity index (χ4n) is 1.93. The minimum absolute atomic E-state index is 0.326. The third kappa shape index (κ3) is 3.37. The van der Waals surface area contributed by atoms with Crippen molar-refractivity contribution in [2.24, 2.45) is 0 Å². The highest BCUT2D eigenvalue weighted by Crippen LogP contribution is 2.16. The Morgan fingerprint density at radius 2 is 1.94 bits per heavy atom. The lowest BCUT2D eigenvalue weighted by molar-refractivity contribution is 0.574. The number of benzene rings is 1. The van der Waals surface area contributed by atoms with Gasteiger partial charge in [-0.3, -0.25) is 0 Å². The van der Waals surface area contributed by atoms with Crippen molar-refractivity contribution in [2.45, 2.75) is 33.0 Å². The molecule has 3 heteroatoms. The highest BCUT2D eigenvalue weighted by Gasteiger charge is 2.05. The number of rotatable bonds is 5. The number of nitrogens with zero attached hydrogens (tertiary/aromatic N) is 1. The van der Waals surface area contributed by atoms with Gasteiger partial charge in [-0.05, 0) is 43.2 Å². The zero-order chi connectivity index (χ0) is 13.0. The van der Waals surface area contributed by atoms with Crippen LogP contribution in [-0.2, 0) is 13.1 Å². The smallest absolute Gasteiger partial charge is 0.0406 e. The number of hydrogen-bond donors (Lipinski definition) is 1. The maximum Gasteiger partial charge on any atom is 0.0406 e. The molecule has 1 aromatic carbocycles. The second-order valence-electron chi connectivity index (χ2n) is 4.50. The van der Waals surface area contributed by atoms with Crippen molar-refractivity contribution >= 4 is 11.6 Å². The van der Waals surface area contributed by atoms with E-state index in [4.69, 9.17) is 11.6 Å². The molecule has 0 amide bonds. The zero-order valence-corrected chi connectivity index (χ0v) is 11.6. The van der Waals surface area contributed by atoms with Crippen molar-refractivity contribution in [1.82, 2.24) is 9.88 Å². The average Bonchev–Trinajstić information content (AvgIpc) is 2.85. The second kappa shape index (κ2) is 6.07. The lowest BCUT2D eigenvalue weighted by Gasteiger charge is -2.13. The Labute approximate surface area is 114 Å². The second-order valence-corrected chi connectivity index (χ2v) is 4.94. The Kier molecular flexibility index (Phi) is 4.45. The highest BCUT2D eigenvalue weighted by atomic mass is 35.5. The molecule has 18 heavy (non-hydrogen) atoms. The van der Waals surface area contributed by atoms with Gasteiger partial charge in [-0.25, -0.2) is 0 Å². The highest BCUT2D eigenvalue weighted by molar-refractivity contribution is 6.30. The molecule has 0 spiro atoms. The Bertz CT molecular complexity index is 487. The predicted octanol–water partition coefficient (Wildman–Crippen LogP) is 4.01. The maximum atomic E-state index is 5.88. The van der Waals surface area contributed by atoms with E-state index in [1.54, 1.807) is 0 Å². The lowest BCUT2D eigenvalue weighted by atomic mass is 10.1. The fourth-order valence-corrected chi connectivity index (χ4v) is 2.06. The van der Waals surface area contributed by atoms with Gasteiger partial charge in [0.05, 0.1) is 0 Å². The van der Waals surface area contributed by atoms with Crippen molar-refractivity contribution in [1.29, 1.82) is 0 Å². The van der Waals surface area contributed by atoms with E-state index in [1.165, 1.54) is 11.1 Å². The number of halogens is 1. The van der Waals surface area contributed by atoms with E-state index in [-0.39, 0.29) is 0 Å². The first kappa shape index (κ1) is 13.2. The zero-order valence-electron chi connectivity index (χ0n) is 10.9. The van der Waals surface area contributed by atoms with Gasteiger partial charge in [0.1, 0.15) is 0 Å². The van der Waals surface area contributed by atoms with Crippen molar-refractivity contribution in [3.05, 3.63) is 58.9 Å². The number of nitrogens with one attached hydrogen (secondary N) is 1. The van der Waals surface area contributed by atoms with Crippen LogP contribution in [0.3, 0.4) is 0 Å². The molecule has 96 valence electrons. The predicted molar refractivity (Wildman–Crippen MR) is 76.8 cm³/mol. The number of aryl methyl sites for hydroxylation is 1. The molecule has 0 unspecified atom stereocenters. The van der Waals surface area contributed by atoms with Crippen LogP contribution in [0.1, 0.15) is 31.0 Å². The molecular weight excluding hydrogens is 244 g/mol. The third-order valence-electron chi connectivity index (χ3n) is 3.16. The first-order valence-corrected chi connectivity index (χ1v) is 6.70. The standard InChI is InChI=1S/C15H19ClN2/c1-3-18-9-8-13(11-18)10-17-12(2)14-4-6-15(16)7-5-14/h4-9,11-12,17H,3,10H2,1-2H3/t12-/m1/s1. The topological polar surface area (TPSA) is 17.0 Å². The molecule has 1 heterocycles. The van der Waals surface area contributed by atoms with Gasteiger partial charge in [0.2, 0.25) is 0 Å². The minimum Gasteiger partial charge on any atom is -0.354 e. The molecule has 0 saturated heterocycles. The molecular formula is C15H19ClN2. The van der Waals surface area contributed by atoms with Gasteiger partial charge in [-0.2, -0.15) is 0 Å².